The van der Waals surface area contributed by atoms with E-state index in [0.717, 1.165) is 10.2 Å². The van der Waals surface area contributed by atoms with Gasteiger partial charge in [-0.2, -0.15) is 4.99 Å². The van der Waals surface area contributed by atoms with Gasteiger partial charge in [0.2, 0.25) is 11.9 Å². The Morgan fingerprint density at radius 1 is 1.28 bits per heavy atom. The highest BCUT2D eigenvalue weighted by atomic mass is 79.9. The molecule has 0 bridgehead atoms. The van der Waals surface area contributed by atoms with Crippen LogP contribution in [0.1, 0.15) is 13.8 Å². The van der Waals surface area contributed by atoms with Crippen molar-refractivity contribution in [1.82, 2.24) is 0 Å². The van der Waals surface area contributed by atoms with E-state index in [1.807, 2.05) is 43.0 Å². The minimum atomic E-state index is -0.545. The molecule has 0 spiro atoms. The van der Waals surface area contributed by atoms with Crippen LogP contribution >= 0.6 is 28.3 Å². The zero-order valence-corrected chi connectivity index (χ0v) is 12.5. The van der Waals surface area contributed by atoms with Crippen LogP contribution in [0.25, 0.3) is 0 Å². The van der Waals surface area contributed by atoms with Gasteiger partial charge < -0.3 is 11.5 Å². The SMILES string of the molecule is CC1(C)N=C(N)N=C(N)N1c1cccc(Br)c1.Cl. The second-order valence-electron chi connectivity index (χ2n) is 4.25. The van der Waals surface area contributed by atoms with Crippen LogP contribution in [0.4, 0.5) is 5.69 Å². The molecule has 0 saturated carbocycles. The first kappa shape index (κ1) is 14.8. The highest BCUT2D eigenvalue weighted by molar-refractivity contribution is 9.10. The number of nitrogens with zero attached hydrogens (tertiary/aromatic N) is 3. The summed E-state index contributed by atoms with van der Waals surface area (Å²) in [5.41, 5.74) is 11.9. The smallest absolute Gasteiger partial charge is 0.220 e. The summed E-state index contributed by atoms with van der Waals surface area (Å²) in [5.74, 6) is 0.555. The van der Waals surface area contributed by atoms with Crippen molar-refractivity contribution in [3.63, 3.8) is 0 Å². The van der Waals surface area contributed by atoms with Gasteiger partial charge in [0.05, 0.1) is 0 Å². The topological polar surface area (TPSA) is 80.0 Å². The van der Waals surface area contributed by atoms with Crippen LogP contribution in [0.2, 0.25) is 0 Å². The molecule has 0 aromatic heterocycles. The fraction of sp³-hybridized carbons (Fsp3) is 0.273. The van der Waals surface area contributed by atoms with Gasteiger partial charge in [0.15, 0.2) is 0 Å². The van der Waals surface area contributed by atoms with Gasteiger partial charge in [-0.15, -0.1) is 12.4 Å². The van der Waals surface area contributed by atoms with Gasteiger partial charge in [-0.05, 0) is 32.0 Å². The van der Waals surface area contributed by atoms with Crippen molar-refractivity contribution in [2.45, 2.75) is 19.5 Å². The third-order valence-corrected chi connectivity index (χ3v) is 2.95. The molecule has 98 valence electrons. The third-order valence-electron chi connectivity index (χ3n) is 2.46. The summed E-state index contributed by atoms with van der Waals surface area (Å²) >= 11 is 3.43. The summed E-state index contributed by atoms with van der Waals surface area (Å²) in [6, 6.07) is 7.79. The molecule has 0 fully saturated rings. The lowest BCUT2D eigenvalue weighted by atomic mass is 10.1. The summed E-state index contributed by atoms with van der Waals surface area (Å²) in [6.07, 6.45) is 0. The van der Waals surface area contributed by atoms with Crippen LogP contribution < -0.4 is 16.4 Å². The van der Waals surface area contributed by atoms with E-state index in [0.29, 0.717) is 5.96 Å². The van der Waals surface area contributed by atoms with Crippen molar-refractivity contribution >= 4 is 45.9 Å². The van der Waals surface area contributed by atoms with Gasteiger partial charge in [-0.1, -0.05) is 22.0 Å². The molecule has 5 nitrogen and oxygen atoms in total. The summed E-state index contributed by atoms with van der Waals surface area (Å²) in [5, 5.41) is 0. The zero-order chi connectivity index (χ0) is 12.6. The van der Waals surface area contributed by atoms with Gasteiger partial charge in [-0.25, -0.2) is 4.99 Å². The maximum Gasteiger partial charge on any atom is 0.220 e. The van der Waals surface area contributed by atoms with E-state index in [4.69, 9.17) is 11.5 Å². The summed E-state index contributed by atoms with van der Waals surface area (Å²) in [7, 11) is 0. The fourth-order valence-electron chi connectivity index (χ4n) is 1.87. The number of benzene rings is 1. The van der Waals surface area contributed by atoms with Gasteiger partial charge in [0.25, 0.3) is 0 Å². The molecule has 4 N–H and O–H groups in total. The zero-order valence-electron chi connectivity index (χ0n) is 10.1. The molecule has 1 heterocycles. The second kappa shape index (κ2) is 5.16. The maximum absolute atomic E-state index is 5.93. The minimum Gasteiger partial charge on any atom is -0.369 e. The number of hydrogen-bond donors (Lipinski definition) is 2. The van der Waals surface area contributed by atoms with Crippen LogP contribution in [-0.4, -0.2) is 17.6 Å². The van der Waals surface area contributed by atoms with E-state index in [1.54, 1.807) is 0 Å². The Hall–Kier alpha value is -1.27. The molecule has 0 amide bonds. The highest BCUT2D eigenvalue weighted by Gasteiger charge is 2.32. The molecule has 18 heavy (non-hydrogen) atoms. The lowest BCUT2D eigenvalue weighted by molar-refractivity contribution is 0.534. The fourth-order valence-corrected chi connectivity index (χ4v) is 2.25. The van der Waals surface area contributed by atoms with Crippen LogP contribution in [0, 0.1) is 0 Å². The average molecular weight is 333 g/mol. The number of nitrogens with two attached hydrogens (primary N) is 2. The average Bonchev–Trinajstić information content (AvgIpc) is 2.13. The number of rotatable bonds is 1. The quantitative estimate of drug-likeness (QED) is 0.826. The van der Waals surface area contributed by atoms with Gasteiger partial charge >= 0.3 is 0 Å². The number of halogens is 2. The molecule has 0 aliphatic carbocycles. The Labute approximate surface area is 121 Å². The molecule has 1 aromatic rings. The van der Waals surface area contributed by atoms with Crippen molar-refractivity contribution < 1.29 is 0 Å². The number of guanidine groups is 2. The molecule has 0 saturated heterocycles. The monoisotopic (exact) mass is 331 g/mol. The maximum atomic E-state index is 5.93. The number of anilines is 1. The van der Waals surface area contributed by atoms with Gasteiger partial charge in [-0.3, -0.25) is 4.90 Å². The predicted molar refractivity (Wildman–Crippen MR) is 81.2 cm³/mol. The Bertz CT molecular complexity index is 512. The Morgan fingerprint density at radius 3 is 2.50 bits per heavy atom. The molecule has 0 unspecified atom stereocenters. The first-order valence-corrected chi connectivity index (χ1v) is 5.95. The van der Waals surface area contributed by atoms with Crippen LogP contribution in [-0.2, 0) is 0 Å². The lowest BCUT2D eigenvalue weighted by Gasteiger charge is -2.38. The first-order chi connectivity index (χ1) is 7.90. The number of aliphatic imine (C=N–C) groups is 2. The Kier molecular flexibility index (Phi) is 4.24. The van der Waals surface area contributed by atoms with E-state index < -0.39 is 5.66 Å². The van der Waals surface area contributed by atoms with E-state index in [2.05, 4.69) is 25.9 Å². The molecule has 7 heteroatoms. The van der Waals surface area contributed by atoms with E-state index >= 15 is 0 Å². The van der Waals surface area contributed by atoms with Crippen LogP contribution in [0.3, 0.4) is 0 Å². The van der Waals surface area contributed by atoms with Crippen molar-refractivity contribution in [1.29, 1.82) is 0 Å². The molecule has 1 aromatic carbocycles. The van der Waals surface area contributed by atoms with Crippen LogP contribution in [0.15, 0.2) is 38.7 Å². The molecular formula is C11H15BrClN5. The molecule has 0 radical (unpaired) electrons. The van der Waals surface area contributed by atoms with E-state index in [-0.39, 0.29) is 18.4 Å². The molecule has 2 rings (SSSR count). The molecule has 0 atom stereocenters. The van der Waals surface area contributed by atoms with Crippen molar-refractivity contribution in [3.8, 4) is 0 Å². The van der Waals surface area contributed by atoms with Crippen molar-refractivity contribution in [3.05, 3.63) is 28.7 Å². The van der Waals surface area contributed by atoms with Gasteiger partial charge in [0.1, 0.15) is 5.66 Å². The Balaban J connectivity index is 0.00000162. The van der Waals surface area contributed by atoms with E-state index in [1.165, 1.54) is 0 Å². The second-order valence-corrected chi connectivity index (χ2v) is 5.17. The molecule has 1 aliphatic rings. The lowest BCUT2D eigenvalue weighted by Crippen LogP contribution is -2.54. The first-order valence-electron chi connectivity index (χ1n) is 5.15. The molecule has 1 aliphatic heterocycles. The molecular weight excluding hydrogens is 318 g/mol. The van der Waals surface area contributed by atoms with E-state index in [9.17, 15) is 0 Å². The van der Waals surface area contributed by atoms with Gasteiger partial charge in [0, 0.05) is 10.2 Å². The van der Waals surface area contributed by atoms with Crippen molar-refractivity contribution in [2.75, 3.05) is 4.90 Å². The highest BCUT2D eigenvalue weighted by Crippen LogP contribution is 2.28. The summed E-state index contributed by atoms with van der Waals surface area (Å²) < 4.78 is 0.973. The summed E-state index contributed by atoms with van der Waals surface area (Å²) in [4.78, 5) is 10.1. The van der Waals surface area contributed by atoms with Crippen LogP contribution in [0.5, 0.6) is 0 Å². The Morgan fingerprint density at radius 2 is 1.94 bits per heavy atom. The summed E-state index contributed by atoms with van der Waals surface area (Å²) in [6.45, 7) is 3.87. The third kappa shape index (κ3) is 2.76. The largest absolute Gasteiger partial charge is 0.369 e. The normalized spacial score (nSPS) is 17.6. The number of hydrogen-bond acceptors (Lipinski definition) is 5. The van der Waals surface area contributed by atoms with Crippen molar-refractivity contribution in [2.24, 2.45) is 21.5 Å². The standard InChI is InChI=1S/C11H14BrN5.ClH/c1-11(2)16-9(13)15-10(14)17(11)8-5-3-4-7(12)6-8;/h3-6H,1-2H3,(H4,13,14,15,16);1H. The minimum absolute atomic E-state index is 0. The predicted octanol–water partition coefficient (Wildman–Crippen LogP) is 2.06.